The van der Waals surface area contributed by atoms with Gasteiger partial charge >= 0.3 is 0 Å². The van der Waals surface area contributed by atoms with Gasteiger partial charge in [-0.15, -0.1) is 10.2 Å². The minimum absolute atomic E-state index is 0.0489. The minimum Gasteiger partial charge on any atom is -0.311 e. The third kappa shape index (κ3) is 5.49. The third-order valence-corrected chi connectivity index (χ3v) is 5.63. The molecule has 1 amide bonds. The van der Waals surface area contributed by atoms with Gasteiger partial charge in [-0.25, -0.2) is 0 Å². The standard InChI is InChI=1S/C23H25N5OS/c1-17-12-18(2)14-21(13-17)27(11-7-10-24)22(29)16-30-23-26-25-19(3)28(23)15-20-8-5-4-6-9-20/h4-6,8-9,12-14H,7,11,15-16H2,1-3H3. The fourth-order valence-corrected chi connectivity index (χ4v) is 4.15. The summed E-state index contributed by atoms with van der Waals surface area (Å²) in [5.41, 5.74) is 4.16. The highest BCUT2D eigenvalue weighted by molar-refractivity contribution is 7.99. The van der Waals surface area contributed by atoms with E-state index in [0.29, 0.717) is 18.2 Å². The van der Waals surface area contributed by atoms with Crippen LogP contribution >= 0.6 is 11.8 Å². The Balaban J connectivity index is 1.75. The molecule has 7 heteroatoms. The molecule has 0 radical (unpaired) electrons. The van der Waals surface area contributed by atoms with Crippen LogP contribution in [0, 0.1) is 32.1 Å². The Bertz CT molecular complexity index is 1030. The highest BCUT2D eigenvalue weighted by atomic mass is 32.2. The first kappa shape index (κ1) is 21.6. The van der Waals surface area contributed by atoms with E-state index in [-0.39, 0.29) is 18.1 Å². The van der Waals surface area contributed by atoms with Crippen LogP contribution in [0.1, 0.15) is 28.9 Å². The van der Waals surface area contributed by atoms with E-state index in [2.05, 4.69) is 34.5 Å². The van der Waals surface area contributed by atoms with Crippen molar-refractivity contribution in [3.05, 3.63) is 71.0 Å². The molecule has 2 aromatic carbocycles. The van der Waals surface area contributed by atoms with Gasteiger partial charge in [-0.1, -0.05) is 48.2 Å². The number of amides is 1. The average molecular weight is 420 g/mol. The molecule has 0 spiro atoms. The van der Waals surface area contributed by atoms with Gasteiger partial charge < -0.3 is 9.47 Å². The zero-order valence-corrected chi connectivity index (χ0v) is 18.3. The number of aryl methyl sites for hydroxylation is 3. The fraction of sp³-hybridized carbons (Fsp3) is 0.304. The predicted molar refractivity (Wildman–Crippen MR) is 120 cm³/mol. The second-order valence-electron chi connectivity index (χ2n) is 7.19. The number of nitriles is 1. The lowest BCUT2D eigenvalue weighted by atomic mass is 10.1. The molecular formula is C23H25N5OS. The van der Waals surface area contributed by atoms with Crippen molar-refractivity contribution < 1.29 is 4.79 Å². The molecule has 0 N–H and O–H groups in total. The summed E-state index contributed by atoms with van der Waals surface area (Å²) in [6.07, 6.45) is 0.284. The van der Waals surface area contributed by atoms with Crippen LogP contribution in [-0.4, -0.2) is 33.0 Å². The van der Waals surface area contributed by atoms with Crippen molar-refractivity contribution in [1.29, 1.82) is 5.26 Å². The first-order valence-corrected chi connectivity index (χ1v) is 10.8. The number of rotatable bonds is 8. The monoisotopic (exact) mass is 419 g/mol. The lowest BCUT2D eigenvalue weighted by Gasteiger charge is -2.22. The molecule has 0 bridgehead atoms. The molecule has 1 heterocycles. The molecule has 0 saturated heterocycles. The Kier molecular flexibility index (Phi) is 7.26. The van der Waals surface area contributed by atoms with Crippen LogP contribution in [0.4, 0.5) is 5.69 Å². The number of anilines is 1. The van der Waals surface area contributed by atoms with Crippen molar-refractivity contribution in [3.63, 3.8) is 0 Å². The number of nitrogens with zero attached hydrogens (tertiary/aromatic N) is 5. The van der Waals surface area contributed by atoms with Gasteiger partial charge in [0, 0.05) is 12.2 Å². The van der Waals surface area contributed by atoms with Crippen LogP contribution in [0.5, 0.6) is 0 Å². The number of hydrogen-bond donors (Lipinski definition) is 0. The Morgan fingerprint density at radius 3 is 2.47 bits per heavy atom. The summed E-state index contributed by atoms with van der Waals surface area (Å²) in [6, 6.07) is 18.3. The van der Waals surface area contributed by atoms with Crippen LogP contribution in [0.3, 0.4) is 0 Å². The van der Waals surface area contributed by atoms with Crippen molar-refractivity contribution in [2.24, 2.45) is 0 Å². The first-order valence-electron chi connectivity index (χ1n) is 9.80. The van der Waals surface area contributed by atoms with Gasteiger partial charge in [0.2, 0.25) is 5.91 Å². The molecule has 1 aromatic heterocycles. The van der Waals surface area contributed by atoms with Crippen molar-refractivity contribution in [2.45, 2.75) is 38.9 Å². The highest BCUT2D eigenvalue weighted by Gasteiger charge is 2.19. The van der Waals surface area contributed by atoms with E-state index >= 15 is 0 Å². The Morgan fingerprint density at radius 2 is 1.80 bits per heavy atom. The molecule has 0 aliphatic heterocycles. The molecule has 0 aliphatic rings. The van der Waals surface area contributed by atoms with Crippen LogP contribution < -0.4 is 4.90 Å². The van der Waals surface area contributed by atoms with E-state index in [0.717, 1.165) is 28.2 Å². The van der Waals surface area contributed by atoms with Gasteiger partial charge in [0.15, 0.2) is 5.16 Å². The molecule has 6 nitrogen and oxygen atoms in total. The molecule has 0 fully saturated rings. The molecule has 30 heavy (non-hydrogen) atoms. The zero-order chi connectivity index (χ0) is 21.5. The van der Waals surface area contributed by atoms with E-state index in [1.54, 1.807) is 4.90 Å². The van der Waals surface area contributed by atoms with E-state index in [1.807, 2.05) is 55.7 Å². The zero-order valence-electron chi connectivity index (χ0n) is 17.5. The predicted octanol–water partition coefficient (Wildman–Crippen LogP) is 4.29. The van der Waals surface area contributed by atoms with Gasteiger partial charge in [-0.05, 0) is 49.6 Å². The quantitative estimate of drug-likeness (QED) is 0.509. The molecule has 0 saturated carbocycles. The van der Waals surface area contributed by atoms with Crippen LogP contribution in [-0.2, 0) is 11.3 Å². The van der Waals surface area contributed by atoms with E-state index in [1.165, 1.54) is 11.8 Å². The molecule has 0 atom stereocenters. The number of aromatic nitrogens is 3. The Labute approximate surface area is 181 Å². The molecule has 3 aromatic rings. The summed E-state index contributed by atoms with van der Waals surface area (Å²) in [7, 11) is 0. The van der Waals surface area contributed by atoms with Gasteiger partial charge in [0.25, 0.3) is 0 Å². The van der Waals surface area contributed by atoms with Crippen molar-refractivity contribution in [1.82, 2.24) is 14.8 Å². The fourth-order valence-electron chi connectivity index (χ4n) is 3.29. The molecule has 154 valence electrons. The summed E-state index contributed by atoms with van der Waals surface area (Å²) in [5.74, 6) is 0.988. The van der Waals surface area contributed by atoms with Gasteiger partial charge in [0.05, 0.1) is 24.8 Å². The molecule has 0 aliphatic carbocycles. The summed E-state index contributed by atoms with van der Waals surface area (Å²) in [5, 5.41) is 18.2. The normalized spacial score (nSPS) is 10.6. The number of carbonyl (C=O) groups is 1. The van der Waals surface area contributed by atoms with Gasteiger partial charge in [0.1, 0.15) is 5.82 Å². The van der Waals surface area contributed by atoms with Crippen LogP contribution in [0.25, 0.3) is 0 Å². The summed E-state index contributed by atoms with van der Waals surface area (Å²) in [6.45, 7) is 6.95. The Hall–Kier alpha value is -3.11. The average Bonchev–Trinajstić information content (AvgIpc) is 3.06. The highest BCUT2D eigenvalue weighted by Crippen LogP contribution is 2.23. The van der Waals surface area contributed by atoms with Gasteiger partial charge in [-0.2, -0.15) is 5.26 Å². The van der Waals surface area contributed by atoms with E-state index in [9.17, 15) is 4.79 Å². The lowest BCUT2D eigenvalue weighted by molar-refractivity contribution is -0.116. The lowest BCUT2D eigenvalue weighted by Crippen LogP contribution is -2.33. The molecule has 3 rings (SSSR count). The number of thioether (sulfide) groups is 1. The van der Waals surface area contributed by atoms with Crippen LogP contribution in [0.2, 0.25) is 0 Å². The largest absolute Gasteiger partial charge is 0.311 e. The van der Waals surface area contributed by atoms with Crippen LogP contribution in [0.15, 0.2) is 53.7 Å². The topological polar surface area (TPSA) is 74.8 Å². The molecular weight excluding hydrogens is 394 g/mol. The maximum absolute atomic E-state index is 13.1. The number of benzene rings is 2. The second kappa shape index (κ2) is 10.1. The molecule has 0 unspecified atom stereocenters. The maximum Gasteiger partial charge on any atom is 0.237 e. The van der Waals surface area contributed by atoms with Gasteiger partial charge in [-0.3, -0.25) is 4.79 Å². The van der Waals surface area contributed by atoms with E-state index in [4.69, 9.17) is 5.26 Å². The number of carbonyl (C=O) groups excluding carboxylic acids is 1. The number of hydrogen-bond acceptors (Lipinski definition) is 5. The van der Waals surface area contributed by atoms with Crippen molar-refractivity contribution >= 4 is 23.4 Å². The summed E-state index contributed by atoms with van der Waals surface area (Å²) >= 11 is 1.38. The summed E-state index contributed by atoms with van der Waals surface area (Å²) in [4.78, 5) is 14.8. The third-order valence-electron chi connectivity index (χ3n) is 4.68. The first-order chi connectivity index (χ1) is 14.5. The SMILES string of the molecule is Cc1cc(C)cc(N(CCC#N)C(=O)CSc2nnc(C)n2Cc2ccccc2)c1. The second-order valence-corrected chi connectivity index (χ2v) is 8.13. The van der Waals surface area contributed by atoms with E-state index < -0.39 is 0 Å². The smallest absolute Gasteiger partial charge is 0.237 e. The summed E-state index contributed by atoms with van der Waals surface area (Å²) < 4.78 is 2.02. The minimum atomic E-state index is -0.0489. The van der Waals surface area contributed by atoms with Crippen molar-refractivity contribution in [2.75, 3.05) is 17.2 Å². The Morgan fingerprint density at radius 1 is 1.10 bits per heavy atom. The maximum atomic E-state index is 13.1. The van der Waals surface area contributed by atoms with Crippen molar-refractivity contribution in [3.8, 4) is 6.07 Å².